The summed E-state index contributed by atoms with van der Waals surface area (Å²) in [5.41, 5.74) is -0.645. The molecule has 0 aliphatic carbocycles. The predicted molar refractivity (Wildman–Crippen MR) is 117 cm³/mol. The van der Waals surface area contributed by atoms with Crippen LogP contribution < -0.4 is 10.6 Å². The third-order valence-electron chi connectivity index (χ3n) is 5.79. The normalized spacial score (nSPS) is 23.6. The van der Waals surface area contributed by atoms with Gasteiger partial charge in [-0.3, -0.25) is 19.2 Å². The highest BCUT2D eigenvalue weighted by Crippen LogP contribution is 2.29. The number of ether oxygens (including phenoxy) is 1. The summed E-state index contributed by atoms with van der Waals surface area (Å²) >= 11 is 0. The largest absolute Gasteiger partial charge is 0.460 e. The Labute approximate surface area is 185 Å². The minimum atomic E-state index is -0.824. The lowest BCUT2D eigenvalue weighted by atomic mass is 9.81. The summed E-state index contributed by atoms with van der Waals surface area (Å²) in [6.07, 6.45) is 3.20. The van der Waals surface area contributed by atoms with Crippen LogP contribution in [-0.2, 0) is 23.9 Å². The van der Waals surface area contributed by atoms with Crippen LogP contribution in [0.2, 0.25) is 0 Å². The summed E-state index contributed by atoms with van der Waals surface area (Å²) in [6, 6.07) is -1.27. The van der Waals surface area contributed by atoms with Gasteiger partial charge in [0.15, 0.2) is 0 Å². The number of hydrogen-bond acceptors (Lipinski definition) is 5. The maximum atomic E-state index is 13.4. The van der Waals surface area contributed by atoms with Gasteiger partial charge in [-0.2, -0.15) is 0 Å². The van der Waals surface area contributed by atoms with Crippen molar-refractivity contribution in [3.05, 3.63) is 0 Å². The van der Waals surface area contributed by atoms with E-state index in [2.05, 4.69) is 10.6 Å². The van der Waals surface area contributed by atoms with Crippen molar-refractivity contribution in [1.82, 2.24) is 15.5 Å². The van der Waals surface area contributed by atoms with E-state index in [-0.39, 0.29) is 36.2 Å². The van der Waals surface area contributed by atoms with Crippen LogP contribution in [0, 0.1) is 17.8 Å². The Bertz CT molecular complexity index is 685. The molecule has 0 radical (unpaired) electrons. The highest BCUT2D eigenvalue weighted by Gasteiger charge is 2.42. The SMILES string of the molecule is CCC[C@@H](C(=O)OC(C)(C)C)[C@H](CC(C)C)C(=O)N[C@@H]1CNC(=O)[C@@H]2CCCN2C1=O. The topological polar surface area (TPSA) is 105 Å². The molecule has 0 bridgehead atoms. The fourth-order valence-corrected chi connectivity index (χ4v) is 4.44. The molecular weight excluding hydrogens is 398 g/mol. The highest BCUT2D eigenvalue weighted by molar-refractivity contribution is 5.96. The smallest absolute Gasteiger partial charge is 0.310 e. The Morgan fingerprint density at radius 1 is 1.23 bits per heavy atom. The second kappa shape index (κ2) is 10.5. The zero-order valence-corrected chi connectivity index (χ0v) is 19.8. The van der Waals surface area contributed by atoms with E-state index >= 15 is 0 Å². The Kier molecular flexibility index (Phi) is 8.49. The molecule has 2 aliphatic heterocycles. The zero-order chi connectivity index (χ0) is 23.3. The van der Waals surface area contributed by atoms with Crippen molar-refractivity contribution in [2.24, 2.45) is 17.8 Å². The van der Waals surface area contributed by atoms with Crippen molar-refractivity contribution in [1.29, 1.82) is 0 Å². The fraction of sp³-hybridized carbons (Fsp3) is 0.826. The Hall–Kier alpha value is -2.12. The van der Waals surface area contributed by atoms with E-state index in [1.165, 1.54) is 0 Å². The number of carbonyl (C=O) groups excluding carboxylic acids is 4. The first-order valence-corrected chi connectivity index (χ1v) is 11.6. The lowest BCUT2D eigenvalue weighted by Gasteiger charge is -2.31. The van der Waals surface area contributed by atoms with Gasteiger partial charge in [0.2, 0.25) is 17.7 Å². The molecule has 8 nitrogen and oxygen atoms in total. The summed E-state index contributed by atoms with van der Waals surface area (Å²) in [5, 5.41) is 5.63. The molecule has 2 rings (SSSR count). The number of esters is 1. The van der Waals surface area contributed by atoms with E-state index in [0.717, 1.165) is 12.8 Å². The van der Waals surface area contributed by atoms with Gasteiger partial charge in [0.25, 0.3) is 0 Å². The monoisotopic (exact) mass is 437 g/mol. The molecular formula is C23H39N3O5. The minimum absolute atomic E-state index is 0.0652. The fourth-order valence-electron chi connectivity index (χ4n) is 4.44. The molecule has 0 aromatic heterocycles. The van der Waals surface area contributed by atoms with Gasteiger partial charge >= 0.3 is 5.97 Å². The molecule has 4 atom stereocenters. The van der Waals surface area contributed by atoms with E-state index in [4.69, 9.17) is 4.74 Å². The highest BCUT2D eigenvalue weighted by atomic mass is 16.6. The summed E-state index contributed by atoms with van der Waals surface area (Å²) in [4.78, 5) is 53.2. The van der Waals surface area contributed by atoms with Gasteiger partial charge in [-0.1, -0.05) is 27.2 Å². The lowest BCUT2D eigenvalue weighted by Crippen LogP contribution is -2.53. The number of carbonyl (C=O) groups is 4. The van der Waals surface area contributed by atoms with E-state index in [1.807, 2.05) is 41.5 Å². The van der Waals surface area contributed by atoms with Crippen molar-refractivity contribution in [3.63, 3.8) is 0 Å². The third-order valence-corrected chi connectivity index (χ3v) is 5.79. The third kappa shape index (κ3) is 6.68. The number of rotatable bonds is 8. The van der Waals surface area contributed by atoms with Gasteiger partial charge in [0.1, 0.15) is 17.7 Å². The maximum Gasteiger partial charge on any atom is 0.310 e. The summed E-state index contributed by atoms with van der Waals surface area (Å²) in [5.74, 6) is -2.11. The minimum Gasteiger partial charge on any atom is -0.460 e. The molecule has 2 heterocycles. The van der Waals surface area contributed by atoms with Crippen molar-refractivity contribution >= 4 is 23.7 Å². The van der Waals surface area contributed by atoms with Gasteiger partial charge in [0, 0.05) is 13.1 Å². The van der Waals surface area contributed by atoms with Crippen LogP contribution in [0.25, 0.3) is 0 Å². The number of nitrogens with one attached hydrogen (secondary N) is 2. The van der Waals surface area contributed by atoms with E-state index in [1.54, 1.807) is 4.90 Å². The summed E-state index contributed by atoms with van der Waals surface area (Å²) in [7, 11) is 0. The number of nitrogens with zero attached hydrogens (tertiary/aromatic N) is 1. The lowest BCUT2D eigenvalue weighted by molar-refractivity contribution is -0.164. The number of fused-ring (bicyclic) bond motifs is 1. The van der Waals surface area contributed by atoms with E-state index in [0.29, 0.717) is 25.8 Å². The Morgan fingerprint density at radius 2 is 1.90 bits per heavy atom. The Balaban J connectivity index is 2.21. The molecule has 0 unspecified atom stereocenters. The van der Waals surface area contributed by atoms with Crippen molar-refractivity contribution in [2.45, 2.75) is 91.3 Å². The molecule has 0 spiro atoms. The first-order chi connectivity index (χ1) is 14.4. The van der Waals surface area contributed by atoms with Crippen molar-refractivity contribution in [3.8, 4) is 0 Å². The molecule has 2 saturated heterocycles. The molecule has 0 saturated carbocycles. The van der Waals surface area contributed by atoms with E-state index < -0.39 is 29.5 Å². The van der Waals surface area contributed by atoms with Crippen LogP contribution in [0.4, 0.5) is 0 Å². The summed E-state index contributed by atoms with van der Waals surface area (Å²) in [6.45, 7) is 12.0. The van der Waals surface area contributed by atoms with Gasteiger partial charge in [-0.25, -0.2) is 0 Å². The Morgan fingerprint density at radius 3 is 2.48 bits per heavy atom. The van der Waals surface area contributed by atoms with Crippen LogP contribution in [0.3, 0.4) is 0 Å². The average molecular weight is 438 g/mol. The zero-order valence-electron chi connectivity index (χ0n) is 19.8. The molecule has 3 amide bonds. The average Bonchev–Trinajstić information content (AvgIpc) is 3.11. The maximum absolute atomic E-state index is 13.4. The van der Waals surface area contributed by atoms with Gasteiger partial charge < -0.3 is 20.3 Å². The first kappa shape index (κ1) is 25.1. The molecule has 31 heavy (non-hydrogen) atoms. The van der Waals surface area contributed by atoms with E-state index in [9.17, 15) is 19.2 Å². The predicted octanol–water partition coefficient (Wildman–Crippen LogP) is 2.01. The van der Waals surface area contributed by atoms with Crippen LogP contribution in [-0.4, -0.2) is 59.4 Å². The van der Waals surface area contributed by atoms with Gasteiger partial charge in [-0.05, 0) is 52.4 Å². The standard InChI is InChI=1S/C23H39N3O5/c1-7-9-15(22(30)31-23(4,5)6)16(12-14(2)3)19(27)25-17-13-24-20(28)18-10-8-11-26(18)21(17)29/h14-18H,7-13H2,1-6H3,(H,24,28)(H,25,27)/t15-,16+,17-,18+/m1/s1. The van der Waals surface area contributed by atoms with Gasteiger partial charge in [0.05, 0.1) is 11.8 Å². The van der Waals surface area contributed by atoms with Crippen LogP contribution in [0.15, 0.2) is 0 Å². The number of amides is 3. The second-order valence-electron chi connectivity index (χ2n) is 10.2. The van der Waals surface area contributed by atoms with Crippen molar-refractivity contribution in [2.75, 3.05) is 13.1 Å². The molecule has 2 N–H and O–H groups in total. The van der Waals surface area contributed by atoms with Crippen molar-refractivity contribution < 1.29 is 23.9 Å². The van der Waals surface area contributed by atoms with Crippen LogP contribution in [0.5, 0.6) is 0 Å². The van der Waals surface area contributed by atoms with Crippen LogP contribution >= 0.6 is 0 Å². The molecule has 8 heteroatoms. The molecule has 2 fully saturated rings. The quantitative estimate of drug-likeness (QED) is 0.565. The van der Waals surface area contributed by atoms with Crippen LogP contribution in [0.1, 0.15) is 73.6 Å². The molecule has 0 aromatic rings. The first-order valence-electron chi connectivity index (χ1n) is 11.6. The van der Waals surface area contributed by atoms with Gasteiger partial charge in [-0.15, -0.1) is 0 Å². The number of hydrogen-bond donors (Lipinski definition) is 2. The second-order valence-corrected chi connectivity index (χ2v) is 10.2. The molecule has 2 aliphatic rings. The molecule has 176 valence electrons. The molecule has 0 aromatic carbocycles. The summed E-state index contributed by atoms with van der Waals surface area (Å²) < 4.78 is 5.62.